The number of aromatic amines is 1. The van der Waals surface area contributed by atoms with E-state index in [-0.39, 0.29) is 6.04 Å². The highest BCUT2D eigenvalue weighted by atomic mass is 16.5. The Morgan fingerprint density at radius 2 is 2.00 bits per heavy atom. The quantitative estimate of drug-likeness (QED) is 0.899. The zero-order chi connectivity index (χ0) is 18.8. The molecule has 1 N–H and O–H groups in total. The number of ether oxygens (including phenoxy) is 1. The van der Waals surface area contributed by atoms with Gasteiger partial charge in [-0.25, -0.2) is 4.98 Å². The summed E-state index contributed by atoms with van der Waals surface area (Å²) >= 11 is 0. The van der Waals surface area contributed by atoms with E-state index >= 15 is 0 Å². The van der Waals surface area contributed by atoms with E-state index in [1.807, 2.05) is 0 Å². The number of nitrogens with one attached hydrogen (secondary N) is 1. The number of fused-ring (bicyclic) bond motifs is 1. The number of benzene rings is 1. The standard InChI is InChI=1S/C21H30N4O2/c1-3-18(24-11-13-27-14-12-24)21(26)25-9-7-16(8-10-25)20-22-17-6-4-5-15(2)19(17)23-20/h4-6,16,18H,3,7-14H2,1-2H3,(H,22,23)/t18-/m1/s1. The summed E-state index contributed by atoms with van der Waals surface area (Å²) in [4.78, 5) is 25.8. The minimum Gasteiger partial charge on any atom is -0.379 e. The second-order valence-electron chi connectivity index (χ2n) is 7.77. The van der Waals surface area contributed by atoms with Crippen LogP contribution < -0.4 is 0 Å². The van der Waals surface area contributed by atoms with Crippen LogP contribution in [0.15, 0.2) is 18.2 Å². The molecular weight excluding hydrogens is 340 g/mol. The second kappa shape index (κ2) is 7.98. The predicted molar refractivity (Wildman–Crippen MR) is 106 cm³/mol. The Morgan fingerprint density at radius 1 is 1.26 bits per heavy atom. The van der Waals surface area contributed by atoms with Crippen molar-refractivity contribution in [1.29, 1.82) is 0 Å². The van der Waals surface area contributed by atoms with E-state index in [1.54, 1.807) is 0 Å². The molecule has 2 saturated heterocycles. The first-order valence-corrected chi connectivity index (χ1v) is 10.2. The number of nitrogens with zero attached hydrogens (tertiary/aromatic N) is 3. The number of carbonyl (C=O) groups is 1. The van der Waals surface area contributed by atoms with Crippen molar-refractivity contribution in [3.05, 3.63) is 29.6 Å². The van der Waals surface area contributed by atoms with E-state index in [2.05, 4.69) is 46.8 Å². The molecule has 146 valence electrons. The third kappa shape index (κ3) is 3.73. The molecule has 2 fully saturated rings. The monoisotopic (exact) mass is 370 g/mol. The van der Waals surface area contributed by atoms with Crippen molar-refractivity contribution in [2.45, 2.75) is 45.1 Å². The van der Waals surface area contributed by atoms with Gasteiger partial charge in [0.1, 0.15) is 5.82 Å². The Bertz CT molecular complexity index is 789. The number of carbonyl (C=O) groups excluding carboxylic acids is 1. The van der Waals surface area contributed by atoms with E-state index in [1.165, 1.54) is 5.56 Å². The van der Waals surface area contributed by atoms with Crippen molar-refractivity contribution < 1.29 is 9.53 Å². The molecule has 1 aromatic heterocycles. The molecule has 1 amide bonds. The van der Waals surface area contributed by atoms with Gasteiger partial charge in [-0.1, -0.05) is 19.1 Å². The first-order chi connectivity index (χ1) is 13.2. The van der Waals surface area contributed by atoms with E-state index < -0.39 is 0 Å². The SMILES string of the molecule is CC[C@H](C(=O)N1CCC(c2nc3c(C)cccc3[nH]2)CC1)N1CCOCC1. The van der Waals surface area contributed by atoms with E-state index in [0.29, 0.717) is 11.8 Å². The number of para-hydroxylation sites is 1. The molecule has 6 heteroatoms. The number of aryl methyl sites for hydroxylation is 1. The number of hydrogen-bond donors (Lipinski definition) is 1. The molecule has 1 aromatic carbocycles. The summed E-state index contributed by atoms with van der Waals surface area (Å²) in [6.45, 7) is 9.04. The molecule has 0 aliphatic carbocycles. The highest BCUT2D eigenvalue weighted by Crippen LogP contribution is 2.29. The van der Waals surface area contributed by atoms with E-state index in [9.17, 15) is 4.79 Å². The third-order valence-corrected chi connectivity index (χ3v) is 6.08. The Morgan fingerprint density at radius 3 is 2.67 bits per heavy atom. The van der Waals surface area contributed by atoms with Crippen LogP contribution in [0.3, 0.4) is 0 Å². The lowest BCUT2D eigenvalue weighted by Crippen LogP contribution is -2.53. The molecule has 1 atom stereocenters. The topological polar surface area (TPSA) is 61.5 Å². The van der Waals surface area contributed by atoms with Crippen molar-refractivity contribution in [2.24, 2.45) is 0 Å². The maximum Gasteiger partial charge on any atom is 0.239 e. The summed E-state index contributed by atoms with van der Waals surface area (Å²) in [6.07, 6.45) is 2.82. The number of amides is 1. The molecule has 0 radical (unpaired) electrons. The Labute approximate surface area is 160 Å². The van der Waals surface area contributed by atoms with Crippen molar-refractivity contribution >= 4 is 16.9 Å². The fourth-order valence-electron chi connectivity index (χ4n) is 4.45. The highest BCUT2D eigenvalue weighted by molar-refractivity contribution is 5.82. The predicted octanol–water partition coefficient (Wildman–Crippen LogP) is 2.69. The molecule has 6 nitrogen and oxygen atoms in total. The molecule has 0 unspecified atom stereocenters. The van der Waals surface area contributed by atoms with Gasteiger partial charge in [-0.2, -0.15) is 0 Å². The summed E-state index contributed by atoms with van der Waals surface area (Å²) in [5, 5.41) is 0. The molecule has 0 bridgehead atoms. The lowest BCUT2D eigenvalue weighted by Gasteiger charge is -2.38. The van der Waals surface area contributed by atoms with Crippen LogP contribution in [0, 0.1) is 6.92 Å². The molecule has 3 heterocycles. The lowest BCUT2D eigenvalue weighted by molar-refractivity contribution is -0.140. The number of likely N-dealkylation sites (tertiary alicyclic amines) is 1. The van der Waals surface area contributed by atoms with Crippen LogP contribution in [0.1, 0.15) is 43.5 Å². The van der Waals surface area contributed by atoms with Crippen LogP contribution in [0.2, 0.25) is 0 Å². The highest BCUT2D eigenvalue weighted by Gasteiger charge is 2.32. The molecule has 0 saturated carbocycles. The molecule has 2 aromatic rings. The average molecular weight is 370 g/mol. The van der Waals surface area contributed by atoms with Crippen LogP contribution in [0.5, 0.6) is 0 Å². The van der Waals surface area contributed by atoms with Gasteiger partial charge in [-0.3, -0.25) is 9.69 Å². The Balaban J connectivity index is 1.40. The minimum atomic E-state index is -0.000648. The van der Waals surface area contributed by atoms with Crippen molar-refractivity contribution in [1.82, 2.24) is 19.8 Å². The number of H-pyrrole nitrogens is 1. The number of aromatic nitrogens is 2. The van der Waals surface area contributed by atoms with Gasteiger partial charge in [0.15, 0.2) is 0 Å². The van der Waals surface area contributed by atoms with Gasteiger partial charge >= 0.3 is 0 Å². The summed E-state index contributed by atoms with van der Waals surface area (Å²) in [5.41, 5.74) is 3.39. The smallest absolute Gasteiger partial charge is 0.239 e. The van der Waals surface area contributed by atoms with E-state index in [4.69, 9.17) is 9.72 Å². The van der Waals surface area contributed by atoms with Gasteiger partial charge in [-0.15, -0.1) is 0 Å². The first-order valence-electron chi connectivity index (χ1n) is 10.2. The molecule has 4 rings (SSSR count). The Kier molecular flexibility index (Phi) is 5.45. The van der Waals surface area contributed by atoms with Crippen molar-refractivity contribution in [3.8, 4) is 0 Å². The Hall–Kier alpha value is -1.92. The molecule has 0 spiro atoms. The zero-order valence-electron chi connectivity index (χ0n) is 16.4. The summed E-state index contributed by atoms with van der Waals surface area (Å²) < 4.78 is 5.44. The van der Waals surface area contributed by atoms with Gasteiger partial charge < -0.3 is 14.6 Å². The second-order valence-corrected chi connectivity index (χ2v) is 7.77. The van der Waals surface area contributed by atoms with Crippen LogP contribution in [0.4, 0.5) is 0 Å². The lowest BCUT2D eigenvalue weighted by atomic mass is 9.95. The van der Waals surface area contributed by atoms with Gasteiger partial charge in [-0.05, 0) is 37.8 Å². The summed E-state index contributed by atoms with van der Waals surface area (Å²) in [6, 6.07) is 6.26. The molecular formula is C21H30N4O2. The molecule has 27 heavy (non-hydrogen) atoms. The van der Waals surface area contributed by atoms with E-state index in [0.717, 1.165) is 75.5 Å². The largest absolute Gasteiger partial charge is 0.379 e. The van der Waals surface area contributed by atoms with Crippen LogP contribution in [-0.2, 0) is 9.53 Å². The maximum atomic E-state index is 13.1. The van der Waals surface area contributed by atoms with Gasteiger partial charge in [0.25, 0.3) is 0 Å². The maximum absolute atomic E-state index is 13.1. The van der Waals surface area contributed by atoms with Crippen LogP contribution in [-0.4, -0.2) is 71.1 Å². The zero-order valence-corrected chi connectivity index (χ0v) is 16.4. The first kappa shape index (κ1) is 18.4. The fourth-order valence-corrected chi connectivity index (χ4v) is 4.45. The normalized spacial score (nSPS) is 20.9. The summed E-state index contributed by atoms with van der Waals surface area (Å²) in [7, 11) is 0. The number of rotatable bonds is 4. The number of morpholine rings is 1. The molecule has 2 aliphatic heterocycles. The molecule has 2 aliphatic rings. The van der Waals surface area contributed by atoms with Crippen LogP contribution >= 0.6 is 0 Å². The van der Waals surface area contributed by atoms with Crippen molar-refractivity contribution in [2.75, 3.05) is 39.4 Å². The van der Waals surface area contributed by atoms with Gasteiger partial charge in [0, 0.05) is 32.1 Å². The van der Waals surface area contributed by atoms with Gasteiger partial charge in [0.2, 0.25) is 5.91 Å². The van der Waals surface area contributed by atoms with Crippen molar-refractivity contribution in [3.63, 3.8) is 0 Å². The number of hydrogen-bond acceptors (Lipinski definition) is 4. The minimum absolute atomic E-state index is 0.000648. The number of piperidine rings is 1. The van der Waals surface area contributed by atoms with Gasteiger partial charge in [0.05, 0.1) is 30.3 Å². The summed E-state index contributed by atoms with van der Waals surface area (Å²) in [5.74, 6) is 1.77. The average Bonchev–Trinajstić information content (AvgIpc) is 3.15. The fraction of sp³-hybridized carbons (Fsp3) is 0.619. The number of imidazole rings is 1. The van der Waals surface area contributed by atoms with Crippen LogP contribution in [0.25, 0.3) is 11.0 Å². The third-order valence-electron chi connectivity index (χ3n) is 6.08.